The van der Waals surface area contributed by atoms with Crippen LogP contribution in [0.25, 0.3) is 0 Å². The predicted molar refractivity (Wildman–Crippen MR) is 176 cm³/mol. The summed E-state index contributed by atoms with van der Waals surface area (Å²) in [6.45, 7) is 30.0. The molecule has 0 unspecified atom stereocenters. The molecule has 254 valence electrons. The summed E-state index contributed by atoms with van der Waals surface area (Å²) < 4.78 is 6.05. The Morgan fingerprint density at radius 3 is 1.12 bits per heavy atom. The zero-order valence-electron chi connectivity index (χ0n) is 30.0. The maximum atomic E-state index is 13.8. The molecule has 0 aromatic carbocycles. The number of hydrogen-bond donors (Lipinski definition) is 1. The summed E-state index contributed by atoms with van der Waals surface area (Å²) in [6, 6.07) is 0. The highest BCUT2D eigenvalue weighted by atomic mass is 16.5. The van der Waals surface area contributed by atoms with Crippen LogP contribution in [0.4, 0.5) is 0 Å². The summed E-state index contributed by atoms with van der Waals surface area (Å²) in [4.78, 5) is 46.4. The molecule has 0 bridgehead atoms. The number of rotatable bonds is 23. The second-order valence-corrected chi connectivity index (χ2v) is 15.1. The number of ether oxygens (including phenoxy) is 1. The van der Waals surface area contributed by atoms with Crippen molar-refractivity contribution >= 4 is 17.7 Å². The molecule has 0 saturated carbocycles. The predicted octanol–water partition coefficient (Wildman–Crippen LogP) is 4.23. The average molecular weight is 614 g/mol. The van der Waals surface area contributed by atoms with Crippen molar-refractivity contribution in [3.8, 4) is 0 Å². The second-order valence-electron chi connectivity index (χ2n) is 15.1. The average Bonchev–Trinajstić information content (AvgIpc) is 2.83. The first-order valence-electron chi connectivity index (χ1n) is 16.8. The van der Waals surface area contributed by atoms with Crippen molar-refractivity contribution in [2.24, 2.45) is 35.5 Å². The fourth-order valence-corrected chi connectivity index (χ4v) is 5.46. The summed E-state index contributed by atoms with van der Waals surface area (Å²) in [5.41, 5.74) is 0. The zero-order chi connectivity index (χ0) is 33.3. The monoisotopic (exact) mass is 614 g/mol. The van der Waals surface area contributed by atoms with Gasteiger partial charge in [-0.25, -0.2) is 0 Å². The van der Waals surface area contributed by atoms with E-state index < -0.39 is 0 Å². The van der Waals surface area contributed by atoms with Crippen molar-refractivity contribution < 1.29 is 28.7 Å². The summed E-state index contributed by atoms with van der Waals surface area (Å²) in [5, 5.41) is 10.2. The van der Waals surface area contributed by atoms with Gasteiger partial charge in [-0.2, -0.15) is 0 Å². The van der Waals surface area contributed by atoms with E-state index in [1.54, 1.807) is 0 Å². The van der Waals surface area contributed by atoms with Crippen molar-refractivity contribution in [3.05, 3.63) is 0 Å². The second kappa shape index (κ2) is 21.1. The van der Waals surface area contributed by atoms with Crippen molar-refractivity contribution in [3.63, 3.8) is 0 Å². The lowest BCUT2D eigenvalue weighted by Gasteiger charge is -2.40. The van der Waals surface area contributed by atoms with Crippen LogP contribution in [-0.4, -0.2) is 127 Å². The van der Waals surface area contributed by atoms with Crippen LogP contribution in [0.2, 0.25) is 0 Å². The van der Waals surface area contributed by atoms with E-state index in [-0.39, 0.29) is 61.7 Å². The van der Waals surface area contributed by atoms with Crippen LogP contribution in [0.3, 0.4) is 0 Å². The highest BCUT2D eigenvalue weighted by molar-refractivity contribution is 5.80. The van der Waals surface area contributed by atoms with Crippen molar-refractivity contribution in [1.82, 2.24) is 14.7 Å². The minimum Gasteiger partial charge on any atom is -0.391 e. The molecule has 0 aromatic heterocycles. The van der Waals surface area contributed by atoms with Gasteiger partial charge in [0.2, 0.25) is 5.91 Å². The lowest BCUT2D eigenvalue weighted by atomic mass is 10.1. The topological polar surface area (TPSA) is 90.4 Å². The summed E-state index contributed by atoms with van der Waals surface area (Å²) in [5.74, 6) is 1.88. The molecule has 0 aliphatic carbocycles. The number of nitrogens with zero attached hydrogens (tertiary/aromatic N) is 4. The smallest absolute Gasteiger partial charge is 0.277 e. The van der Waals surface area contributed by atoms with E-state index in [1.165, 1.54) is 0 Å². The molecule has 0 heterocycles. The Morgan fingerprint density at radius 1 is 0.535 bits per heavy atom. The van der Waals surface area contributed by atoms with Crippen LogP contribution in [0.5, 0.6) is 0 Å². The lowest BCUT2D eigenvalue weighted by molar-refractivity contribution is -0.914. The highest BCUT2D eigenvalue weighted by Crippen LogP contribution is 2.15. The Labute approximate surface area is 264 Å². The lowest BCUT2D eigenvalue weighted by Crippen LogP contribution is -2.61. The normalized spacial score (nSPS) is 12.3. The first-order chi connectivity index (χ1) is 19.9. The molecule has 0 rings (SSSR count). The van der Waals surface area contributed by atoms with Gasteiger partial charge in [-0.05, 0) is 35.5 Å². The molecule has 9 nitrogen and oxygen atoms in total. The van der Waals surface area contributed by atoms with Gasteiger partial charge in [0, 0.05) is 39.3 Å². The molecule has 0 spiro atoms. The molecule has 0 fully saturated rings. The molecule has 3 amide bonds. The molecule has 1 N–H and O–H groups in total. The Morgan fingerprint density at radius 2 is 0.837 bits per heavy atom. The van der Waals surface area contributed by atoms with Gasteiger partial charge >= 0.3 is 0 Å². The van der Waals surface area contributed by atoms with Crippen LogP contribution in [0, 0.1) is 35.5 Å². The number of carbonyl (C=O) groups excluding carboxylic acids is 3. The molecule has 0 radical (unpaired) electrons. The molecule has 43 heavy (non-hydrogen) atoms. The number of quaternary nitrogens is 1. The first kappa shape index (κ1) is 41.3. The third-order valence-corrected chi connectivity index (χ3v) is 7.02. The molecule has 9 heteroatoms. The van der Waals surface area contributed by atoms with Gasteiger partial charge in [-0.1, -0.05) is 83.1 Å². The van der Waals surface area contributed by atoms with Crippen LogP contribution >= 0.6 is 0 Å². The Hall–Kier alpha value is -1.71. The van der Waals surface area contributed by atoms with Gasteiger partial charge in [-0.3, -0.25) is 14.4 Å². The van der Waals surface area contributed by atoms with E-state index in [2.05, 4.69) is 83.1 Å². The maximum absolute atomic E-state index is 13.8. The Bertz CT molecular complexity index is 730. The molecule has 0 saturated heterocycles. The van der Waals surface area contributed by atoms with Gasteiger partial charge in [-0.15, -0.1) is 0 Å². The third kappa shape index (κ3) is 18.6. The maximum Gasteiger partial charge on any atom is 0.277 e. The highest BCUT2D eigenvalue weighted by Gasteiger charge is 2.36. The van der Waals surface area contributed by atoms with Crippen LogP contribution in [-0.2, 0) is 19.1 Å². The van der Waals surface area contributed by atoms with Crippen LogP contribution in [0.15, 0.2) is 0 Å². The Kier molecular flexibility index (Phi) is 20.3. The fourth-order valence-electron chi connectivity index (χ4n) is 5.46. The van der Waals surface area contributed by atoms with E-state index in [4.69, 9.17) is 4.74 Å². The zero-order valence-corrected chi connectivity index (χ0v) is 30.0. The van der Waals surface area contributed by atoms with Crippen molar-refractivity contribution in [2.75, 3.05) is 85.3 Å². The standard InChI is InChI=1S/C34H69N4O5/c1-26(2)17-35(18-27(3)4)32(40)23-38(13-15-39,24-33(41)36(19-28(5)6)20-29(7)8)14-16-43-25-34(42)37(21-30(9)10)22-31(11)12/h26-31,39H,13-25H2,1-12H3/q+1. The van der Waals surface area contributed by atoms with Gasteiger partial charge in [0.1, 0.15) is 19.7 Å². The summed E-state index contributed by atoms with van der Waals surface area (Å²) in [6.07, 6.45) is 0. The van der Waals surface area contributed by atoms with Gasteiger partial charge in [0.25, 0.3) is 11.8 Å². The Balaban J connectivity index is 6.09. The van der Waals surface area contributed by atoms with Gasteiger partial charge in [0.05, 0.1) is 13.2 Å². The van der Waals surface area contributed by atoms with Crippen molar-refractivity contribution in [1.29, 1.82) is 0 Å². The summed E-state index contributed by atoms with van der Waals surface area (Å²) in [7, 11) is 0. The molecule has 0 aromatic rings. The van der Waals surface area contributed by atoms with E-state index in [1.807, 2.05) is 14.7 Å². The number of aliphatic hydroxyl groups excluding tert-OH is 1. The molecular formula is C34H69N4O5+. The van der Waals surface area contributed by atoms with E-state index in [9.17, 15) is 19.5 Å². The number of amides is 3. The van der Waals surface area contributed by atoms with E-state index in [0.717, 1.165) is 0 Å². The minimum absolute atomic E-state index is 0.0148. The number of aliphatic hydroxyl groups is 1. The number of hydrogen-bond acceptors (Lipinski definition) is 5. The first-order valence-corrected chi connectivity index (χ1v) is 16.8. The van der Waals surface area contributed by atoms with E-state index >= 15 is 0 Å². The van der Waals surface area contributed by atoms with Crippen molar-refractivity contribution in [2.45, 2.75) is 83.1 Å². The number of carbonyl (C=O) groups is 3. The van der Waals surface area contributed by atoms with Gasteiger partial charge < -0.3 is 29.0 Å². The quantitative estimate of drug-likeness (QED) is 0.138. The molecule has 0 aliphatic heterocycles. The fraction of sp³-hybridized carbons (Fsp3) is 0.912. The SMILES string of the molecule is CC(C)CN(CC(C)C)C(=O)COCC[N+](CCO)(CC(=O)N(CC(C)C)CC(C)C)CC(=O)N(CC(C)C)CC(C)C. The van der Waals surface area contributed by atoms with E-state index in [0.29, 0.717) is 81.3 Å². The summed E-state index contributed by atoms with van der Waals surface area (Å²) >= 11 is 0. The van der Waals surface area contributed by atoms with Crippen LogP contribution < -0.4 is 0 Å². The molecular weight excluding hydrogens is 544 g/mol. The molecule has 0 atom stereocenters. The largest absolute Gasteiger partial charge is 0.391 e. The third-order valence-electron chi connectivity index (χ3n) is 7.02. The van der Waals surface area contributed by atoms with Crippen LogP contribution in [0.1, 0.15) is 83.1 Å². The molecule has 0 aliphatic rings. The van der Waals surface area contributed by atoms with Gasteiger partial charge in [0.15, 0.2) is 13.1 Å². The minimum atomic E-state index is -0.154.